The van der Waals surface area contributed by atoms with Gasteiger partial charge in [0.25, 0.3) is 0 Å². The standard InChI is InChI=1S/C17H17F2N3O2S/c18-17(19)24-16-7-15(12(8-20)9-22-16)25-14(6-13(21)10-23)11-4-2-1-3-5-11/h1-5,7,9,13-14,17,23H,6,10,21H2/t13-,14+/m0/s1. The lowest BCUT2D eigenvalue weighted by molar-refractivity contribution is -0.0530. The maximum atomic E-state index is 12.4. The van der Waals surface area contributed by atoms with Gasteiger partial charge in [-0.1, -0.05) is 30.3 Å². The SMILES string of the molecule is N#Cc1cnc(OC(F)F)cc1S[C@H](C[C@H](N)CO)c1ccccc1. The summed E-state index contributed by atoms with van der Waals surface area (Å²) >= 11 is 1.30. The first-order valence-corrected chi connectivity index (χ1v) is 8.34. The van der Waals surface area contributed by atoms with Gasteiger partial charge < -0.3 is 15.6 Å². The van der Waals surface area contributed by atoms with Gasteiger partial charge >= 0.3 is 6.61 Å². The summed E-state index contributed by atoms with van der Waals surface area (Å²) < 4.78 is 29.1. The van der Waals surface area contributed by atoms with E-state index in [1.54, 1.807) is 0 Å². The first-order chi connectivity index (χ1) is 12.0. The van der Waals surface area contributed by atoms with Crippen LogP contribution in [0, 0.1) is 11.3 Å². The lowest BCUT2D eigenvalue weighted by Crippen LogP contribution is -2.26. The molecule has 0 amide bonds. The van der Waals surface area contributed by atoms with Gasteiger partial charge in [0.1, 0.15) is 6.07 Å². The summed E-state index contributed by atoms with van der Waals surface area (Å²) in [5.41, 5.74) is 7.07. The number of aliphatic hydroxyl groups excluding tert-OH is 1. The second-order valence-corrected chi connectivity index (χ2v) is 6.45. The Morgan fingerprint density at radius 2 is 2.04 bits per heavy atom. The van der Waals surface area contributed by atoms with Crippen LogP contribution in [-0.2, 0) is 0 Å². The average Bonchev–Trinajstić information content (AvgIpc) is 2.61. The van der Waals surface area contributed by atoms with E-state index in [9.17, 15) is 19.1 Å². The van der Waals surface area contributed by atoms with E-state index in [4.69, 9.17) is 5.73 Å². The summed E-state index contributed by atoms with van der Waals surface area (Å²) in [5, 5.41) is 18.3. The molecule has 0 unspecified atom stereocenters. The third-order valence-corrected chi connectivity index (χ3v) is 4.70. The topological polar surface area (TPSA) is 92.2 Å². The molecule has 1 aromatic carbocycles. The van der Waals surface area contributed by atoms with E-state index in [0.29, 0.717) is 11.3 Å². The minimum atomic E-state index is -2.99. The number of pyridine rings is 1. The maximum absolute atomic E-state index is 12.4. The number of alkyl halides is 2. The zero-order chi connectivity index (χ0) is 18.2. The Kier molecular flexibility index (Phi) is 7.13. The molecule has 1 aromatic heterocycles. The molecular weight excluding hydrogens is 348 g/mol. The number of benzene rings is 1. The predicted octanol–water partition coefficient (Wildman–Crippen LogP) is 3.10. The largest absolute Gasteiger partial charge is 0.417 e. The molecule has 2 rings (SSSR count). The van der Waals surface area contributed by atoms with Crippen LogP contribution in [0.1, 0.15) is 22.8 Å². The number of halogens is 2. The highest BCUT2D eigenvalue weighted by molar-refractivity contribution is 7.99. The van der Waals surface area contributed by atoms with Crippen molar-refractivity contribution in [3.8, 4) is 11.9 Å². The molecular formula is C17H17F2N3O2S. The highest BCUT2D eigenvalue weighted by atomic mass is 32.2. The number of nitrogens with zero attached hydrogens (tertiary/aromatic N) is 2. The molecule has 0 spiro atoms. The van der Waals surface area contributed by atoms with Crippen LogP contribution in [0.4, 0.5) is 8.78 Å². The van der Waals surface area contributed by atoms with Crippen molar-refractivity contribution in [3.05, 3.63) is 53.7 Å². The number of ether oxygens (including phenoxy) is 1. The number of hydrogen-bond acceptors (Lipinski definition) is 6. The Morgan fingerprint density at radius 1 is 1.32 bits per heavy atom. The summed E-state index contributed by atoms with van der Waals surface area (Å²) in [6.45, 7) is -3.17. The van der Waals surface area contributed by atoms with Gasteiger partial charge in [0.15, 0.2) is 0 Å². The van der Waals surface area contributed by atoms with E-state index in [2.05, 4.69) is 9.72 Å². The number of aliphatic hydroxyl groups is 1. The molecule has 0 aliphatic carbocycles. The summed E-state index contributed by atoms with van der Waals surface area (Å²) in [5.74, 6) is -0.255. The van der Waals surface area contributed by atoms with Gasteiger partial charge in [-0.3, -0.25) is 0 Å². The molecule has 5 nitrogen and oxygen atoms in total. The predicted molar refractivity (Wildman–Crippen MR) is 90.3 cm³/mol. The fraction of sp³-hybridized carbons (Fsp3) is 0.294. The third-order valence-electron chi connectivity index (χ3n) is 3.36. The maximum Gasteiger partial charge on any atom is 0.388 e. The van der Waals surface area contributed by atoms with E-state index < -0.39 is 12.7 Å². The van der Waals surface area contributed by atoms with E-state index in [-0.39, 0.29) is 23.3 Å². The van der Waals surface area contributed by atoms with Crippen molar-refractivity contribution >= 4 is 11.8 Å². The van der Waals surface area contributed by atoms with Crippen molar-refractivity contribution in [2.24, 2.45) is 5.73 Å². The van der Waals surface area contributed by atoms with Crippen LogP contribution >= 0.6 is 11.8 Å². The van der Waals surface area contributed by atoms with Gasteiger partial charge in [0, 0.05) is 28.5 Å². The molecule has 0 saturated carbocycles. The van der Waals surface area contributed by atoms with E-state index >= 15 is 0 Å². The molecule has 8 heteroatoms. The minimum absolute atomic E-state index is 0.169. The van der Waals surface area contributed by atoms with E-state index in [1.807, 2.05) is 36.4 Å². The highest BCUT2D eigenvalue weighted by Crippen LogP contribution is 2.40. The molecule has 25 heavy (non-hydrogen) atoms. The van der Waals surface area contributed by atoms with Crippen molar-refractivity contribution in [2.45, 2.75) is 29.2 Å². The molecule has 0 aliphatic heterocycles. The van der Waals surface area contributed by atoms with Crippen molar-refractivity contribution in [1.82, 2.24) is 4.98 Å². The molecule has 0 saturated heterocycles. The molecule has 3 N–H and O–H groups in total. The Balaban J connectivity index is 2.32. The van der Waals surface area contributed by atoms with Crippen LogP contribution in [0.2, 0.25) is 0 Å². The number of thioether (sulfide) groups is 1. The molecule has 0 aliphatic rings. The number of hydrogen-bond donors (Lipinski definition) is 2. The minimum Gasteiger partial charge on any atom is -0.417 e. The van der Waals surface area contributed by atoms with Crippen LogP contribution in [0.15, 0.2) is 47.5 Å². The molecule has 2 aromatic rings. The summed E-state index contributed by atoms with van der Waals surface area (Å²) in [4.78, 5) is 4.17. The third kappa shape index (κ3) is 5.67. The second-order valence-electron chi connectivity index (χ2n) is 5.20. The Labute approximate surface area is 148 Å². The second kappa shape index (κ2) is 9.32. The van der Waals surface area contributed by atoms with Crippen LogP contribution < -0.4 is 10.5 Å². The van der Waals surface area contributed by atoms with Crippen molar-refractivity contribution < 1.29 is 18.6 Å². The molecule has 1 heterocycles. The fourth-order valence-corrected chi connectivity index (χ4v) is 3.52. The number of aromatic nitrogens is 1. The number of rotatable bonds is 8. The van der Waals surface area contributed by atoms with Gasteiger partial charge in [-0.05, 0) is 12.0 Å². The quantitative estimate of drug-likeness (QED) is 0.699. The van der Waals surface area contributed by atoms with Crippen LogP contribution in [0.25, 0.3) is 0 Å². The molecule has 0 fully saturated rings. The lowest BCUT2D eigenvalue weighted by Gasteiger charge is -2.20. The van der Waals surface area contributed by atoms with Crippen LogP contribution in [-0.4, -0.2) is 29.4 Å². The summed E-state index contributed by atoms with van der Waals surface area (Å²) in [6.07, 6.45) is 1.65. The van der Waals surface area contributed by atoms with Gasteiger partial charge in [-0.25, -0.2) is 4.98 Å². The highest BCUT2D eigenvalue weighted by Gasteiger charge is 2.20. The lowest BCUT2D eigenvalue weighted by atomic mass is 10.1. The first kappa shape index (κ1) is 19.1. The van der Waals surface area contributed by atoms with E-state index in [0.717, 1.165) is 5.56 Å². The molecule has 132 valence electrons. The zero-order valence-electron chi connectivity index (χ0n) is 13.2. The number of nitrogens with two attached hydrogens (primary N) is 1. The van der Waals surface area contributed by atoms with E-state index in [1.165, 1.54) is 24.0 Å². The van der Waals surface area contributed by atoms with Gasteiger partial charge in [-0.2, -0.15) is 14.0 Å². The molecule has 0 bridgehead atoms. The van der Waals surface area contributed by atoms with Crippen molar-refractivity contribution in [3.63, 3.8) is 0 Å². The zero-order valence-corrected chi connectivity index (χ0v) is 14.0. The molecule has 2 atom stereocenters. The first-order valence-electron chi connectivity index (χ1n) is 7.46. The van der Waals surface area contributed by atoms with Crippen molar-refractivity contribution in [1.29, 1.82) is 5.26 Å². The smallest absolute Gasteiger partial charge is 0.388 e. The van der Waals surface area contributed by atoms with Gasteiger partial charge in [0.2, 0.25) is 5.88 Å². The van der Waals surface area contributed by atoms with Gasteiger partial charge in [-0.15, -0.1) is 11.8 Å². The normalized spacial score (nSPS) is 13.3. The van der Waals surface area contributed by atoms with Crippen LogP contribution in [0.3, 0.4) is 0 Å². The van der Waals surface area contributed by atoms with Gasteiger partial charge in [0.05, 0.1) is 12.2 Å². The Bertz CT molecular complexity index is 726. The number of nitriles is 1. The fourth-order valence-electron chi connectivity index (χ4n) is 2.18. The Hall–Kier alpha value is -2.21. The van der Waals surface area contributed by atoms with Crippen LogP contribution in [0.5, 0.6) is 5.88 Å². The molecule has 0 radical (unpaired) electrons. The average molecular weight is 365 g/mol. The summed E-state index contributed by atoms with van der Waals surface area (Å²) in [7, 11) is 0. The Morgan fingerprint density at radius 3 is 2.64 bits per heavy atom. The van der Waals surface area contributed by atoms with Crippen molar-refractivity contribution in [2.75, 3.05) is 6.61 Å². The monoisotopic (exact) mass is 365 g/mol. The summed E-state index contributed by atoms with van der Waals surface area (Å²) in [6, 6.07) is 12.3.